The molecule has 162 valence electrons. The van der Waals surface area contributed by atoms with Crippen LogP contribution >= 0.6 is 0 Å². The lowest BCUT2D eigenvalue weighted by molar-refractivity contribution is 0.398. The summed E-state index contributed by atoms with van der Waals surface area (Å²) in [7, 11) is -2.27. The predicted molar refractivity (Wildman–Crippen MR) is 112 cm³/mol. The molecule has 1 aromatic heterocycles. The van der Waals surface area contributed by atoms with Crippen molar-refractivity contribution in [3.05, 3.63) is 60.2 Å². The van der Waals surface area contributed by atoms with Gasteiger partial charge in [-0.15, -0.1) is 10.2 Å². The summed E-state index contributed by atoms with van der Waals surface area (Å²) >= 11 is 0. The molecule has 0 amide bonds. The Balaban J connectivity index is 1.62. The average Bonchev–Trinajstić information content (AvgIpc) is 3.32. The molecule has 4 rings (SSSR count). The molecule has 7 nitrogen and oxygen atoms in total. The van der Waals surface area contributed by atoms with E-state index in [9.17, 15) is 17.2 Å². The van der Waals surface area contributed by atoms with Gasteiger partial charge in [0.1, 0.15) is 22.3 Å². The van der Waals surface area contributed by atoms with Crippen molar-refractivity contribution in [3.8, 4) is 17.0 Å². The van der Waals surface area contributed by atoms with Crippen LogP contribution in [-0.2, 0) is 10.0 Å². The number of halogens is 2. The highest BCUT2D eigenvalue weighted by Crippen LogP contribution is 2.32. The Morgan fingerprint density at radius 2 is 1.77 bits per heavy atom. The van der Waals surface area contributed by atoms with Gasteiger partial charge in [-0.3, -0.25) is 0 Å². The molecule has 2 aromatic carbocycles. The molecule has 0 unspecified atom stereocenters. The first-order valence-electron chi connectivity index (χ1n) is 9.63. The smallest absolute Gasteiger partial charge is 0.246 e. The van der Waals surface area contributed by atoms with Crippen LogP contribution in [0.5, 0.6) is 5.75 Å². The van der Waals surface area contributed by atoms with Crippen molar-refractivity contribution in [2.75, 3.05) is 25.5 Å². The fourth-order valence-corrected chi connectivity index (χ4v) is 5.09. The van der Waals surface area contributed by atoms with Crippen LogP contribution in [0, 0.1) is 11.6 Å². The molecule has 2 heterocycles. The number of methoxy groups -OCH3 is 1. The third kappa shape index (κ3) is 4.35. The van der Waals surface area contributed by atoms with Gasteiger partial charge in [-0.05, 0) is 55.3 Å². The van der Waals surface area contributed by atoms with Crippen LogP contribution in [0.1, 0.15) is 12.8 Å². The van der Waals surface area contributed by atoms with Gasteiger partial charge in [-0.1, -0.05) is 0 Å². The normalized spacial score (nSPS) is 14.5. The van der Waals surface area contributed by atoms with E-state index in [1.807, 2.05) is 0 Å². The molecule has 1 saturated heterocycles. The Hall–Kier alpha value is -3.11. The molecule has 3 aromatic rings. The van der Waals surface area contributed by atoms with Crippen molar-refractivity contribution in [1.82, 2.24) is 14.5 Å². The first kappa shape index (κ1) is 21.1. The molecule has 31 heavy (non-hydrogen) atoms. The predicted octanol–water partition coefficient (Wildman–Crippen LogP) is 3.96. The summed E-state index contributed by atoms with van der Waals surface area (Å²) in [4.78, 5) is 0.0757. The highest BCUT2D eigenvalue weighted by atomic mass is 32.2. The maximum absolute atomic E-state index is 13.8. The molecule has 0 radical (unpaired) electrons. The second kappa shape index (κ2) is 8.56. The molecule has 10 heteroatoms. The molecule has 1 fully saturated rings. The summed E-state index contributed by atoms with van der Waals surface area (Å²) in [6.45, 7) is 0.964. The van der Waals surface area contributed by atoms with E-state index in [1.54, 1.807) is 24.3 Å². The van der Waals surface area contributed by atoms with Crippen LogP contribution in [0.4, 0.5) is 20.3 Å². The van der Waals surface area contributed by atoms with Crippen LogP contribution < -0.4 is 10.1 Å². The zero-order valence-electron chi connectivity index (χ0n) is 16.7. The molecule has 1 aliphatic rings. The molecule has 0 aliphatic carbocycles. The van der Waals surface area contributed by atoms with Crippen LogP contribution in [0.25, 0.3) is 11.3 Å². The minimum Gasteiger partial charge on any atom is -0.495 e. The lowest BCUT2D eigenvalue weighted by Crippen LogP contribution is -2.28. The Bertz CT molecular complexity index is 1200. The van der Waals surface area contributed by atoms with Crippen molar-refractivity contribution >= 4 is 21.5 Å². The number of nitrogens with one attached hydrogen (secondary N) is 1. The van der Waals surface area contributed by atoms with E-state index in [0.717, 1.165) is 25.0 Å². The molecule has 0 atom stereocenters. The largest absolute Gasteiger partial charge is 0.495 e. The number of hydrogen-bond acceptors (Lipinski definition) is 6. The lowest BCUT2D eigenvalue weighted by atomic mass is 10.1. The van der Waals surface area contributed by atoms with Crippen LogP contribution in [0.15, 0.2) is 53.4 Å². The summed E-state index contributed by atoms with van der Waals surface area (Å²) in [6, 6.07) is 11.2. The number of sulfonamides is 1. The number of aromatic nitrogens is 2. The summed E-state index contributed by atoms with van der Waals surface area (Å²) in [5.74, 6) is -0.914. The van der Waals surface area contributed by atoms with E-state index < -0.39 is 21.7 Å². The van der Waals surface area contributed by atoms with Gasteiger partial charge >= 0.3 is 0 Å². The summed E-state index contributed by atoms with van der Waals surface area (Å²) in [5, 5.41) is 10.9. The van der Waals surface area contributed by atoms with Crippen LogP contribution in [0.2, 0.25) is 0 Å². The van der Waals surface area contributed by atoms with Crippen molar-refractivity contribution < 1.29 is 21.9 Å². The summed E-state index contributed by atoms with van der Waals surface area (Å²) in [6.07, 6.45) is 1.66. The van der Waals surface area contributed by atoms with E-state index in [4.69, 9.17) is 4.74 Å². The molecule has 1 aliphatic heterocycles. The van der Waals surface area contributed by atoms with E-state index in [1.165, 1.54) is 23.5 Å². The molecular weight excluding hydrogens is 426 g/mol. The van der Waals surface area contributed by atoms with E-state index in [2.05, 4.69) is 15.5 Å². The fourth-order valence-electron chi connectivity index (χ4n) is 3.39. The van der Waals surface area contributed by atoms with Crippen molar-refractivity contribution in [2.45, 2.75) is 17.7 Å². The third-order valence-electron chi connectivity index (χ3n) is 5.00. The van der Waals surface area contributed by atoms with Gasteiger partial charge < -0.3 is 10.1 Å². The Labute approximate surface area is 178 Å². The van der Waals surface area contributed by atoms with Gasteiger partial charge in [0.2, 0.25) is 10.0 Å². The van der Waals surface area contributed by atoms with Crippen LogP contribution in [0.3, 0.4) is 0 Å². The van der Waals surface area contributed by atoms with Crippen molar-refractivity contribution in [1.29, 1.82) is 0 Å². The van der Waals surface area contributed by atoms with E-state index in [0.29, 0.717) is 24.3 Å². The highest BCUT2D eigenvalue weighted by molar-refractivity contribution is 7.89. The van der Waals surface area contributed by atoms with Crippen molar-refractivity contribution in [3.63, 3.8) is 0 Å². The third-order valence-corrected chi connectivity index (χ3v) is 6.92. The molecular formula is C21H20F2N4O3S. The van der Waals surface area contributed by atoms with Crippen molar-refractivity contribution in [2.24, 2.45) is 0 Å². The second-order valence-electron chi connectivity index (χ2n) is 7.03. The SMILES string of the molecule is COc1ccc(-c2ccc(Nc3ccc(F)cc3F)nn2)cc1S(=O)(=O)N1CCCC1. The number of nitrogens with zero attached hydrogens (tertiary/aromatic N) is 3. The Morgan fingerprint density at radius 3 is 2.42 bits per heavy atom. The zero-order chi connectivity index (χ0) is 22.0. The molecule has 0 saturated carbocycles. The minimum atomic E-state index is -3.69. The quantitative estimate of drug-likeness (QED) is 0.617. The number of anilines is 2. The van der Waals surface area contributed by atoms with Gasteiger partial charge in [-0.25, -0.2) is 17.2 Å². The summed E-state index contributed by atoms with van der Waals surface area (Å²) in [5.41, 5.74) is 1.04. The zero-order valence-corrected chi connectivity index (χ0v) is 17.5. The van der Waals surface area contributed by atoms with Crippen LogP contribution in [-0.4, -0.2) is 43.1 Å². The Morgan fingerprint density at radius 1 is 1.00 bits per heavy atom. The Kier molecular flexibility index (Phi) is 5.84. The van der Waals surface area contributed by atoms with Gasteiger partial charge in [0.25, 0.3) is 0 Å². The fraction of sp³-hybridized carbons (Fsp3) is 0.238. The highest BCUT2D eigenvalue weighted by Gasteiger charge is 2.30. The minimum absolute atomic E-state index is 0.0619. The second-order valence-corrected chi connectivity index (χ2v) is 8.94. The maximum atomic E-state index is 13.8. The average molecular weight is 446 g/mol. The number of rotatable bonds is 6. The maximum Gasteiger partial charge on any atom is 0.246 e. The number of ether oxygens (including phenoxy) is 1. The molecule has 1 N–H and O–H groups in total. The van der Waals surface area contributed by atoms with E-state index >= 15 is 0 Å². The molecule has 0 spiro atoms. The van der Waals surface area contributed by atoms with E-state index in [-0.39, 0.29) is 22.2 Å². The first-order valence-corrected chi connectivity index (χ1v) is 11.1. The summed E-state index contributed by atoms with van der Waals surface area (Å²) < 4.78 is 59.7. The van der Waals surface area contributed by atoms with Gasteiger partial charge in [-0.2, -0.15) is 4.31 Å². The standard InChI is InChI=1S/C21H20F2N4O3S/c1-30-19-8-4-14(12-20(19)31(28,29)27-10-2-3-11-27)17-7-9-21(26-25-17)24-18-6-5-15(22)13-16(18)23/h4-9,12-13H,2-3,10-11H2,1H3,(H,24,26). The number of hydrogen-bond donors (Lipinski definition) is 1. The lowest BCUT2D eigenvalue weighted by Gasteiger charge is -2.18. The first-order chi connectivity index (χ1) is 14.9. The van der Waals surface area contributed by atoms with Gasteiger partial charge in [0, 0.05) is 24.7 Å². The van der Waals surface area contributed by atoms with Gasteiger partial charge in [0.15, 0.2) is 5.82 Å². The number of benzene rings is 2. The monoisotopic (exact) mass is 446 g/mol. The molecule has 0 bridgehead atoms. The van der Waals surface area contributed by atoms with Gasteiger partial charge in [0.05, 0.1) is 18.5 Å². The topological polar surface area (TPSA) is 84.4 Å².